The van der Waals surface area contributed by atoms with Crippen molar-refractivity contribution in [3.8, 4) is 0 Å². The Hall–Kier alpha value is -2.30. The van der Waals surface area contributed by atoms with Gasteiger partial charge in [0.05, 0.1) is 5.56 Å². The average molecular weight is 279 g/mol. The fourth-order valence-corrected chi connectivity index (χ4v) is 1.68. The number of nitrogens with one attached hydrogen (secondary N) is 1. The molecule has 1 N–H and O–H groups in total. The van der Waals surface area contributed by atoms with Gasteiger partial charge in [-0.05, 0) is 24.6 Å². The van der Waals surface area contributed by atoms with Crippen molar-refractivity contribution in [2.24, 2.45) is 0 Å². The highest BCUT2D eigenvalue weighted by atomic mass is 19.2. The number of carbonyl (C=O) groups is 1. The normalized spacial score (nSPS) is 10.4. The number of halogens is 3. The molecule has 104 valence electrons. The first-order valence-electron chi connectivity index (χ1n) is 5.96. The van der Waals surface area contributed by atoms with E-state index < -0.39 is 28.9 Å². The van der Waals surface area contributed by atoms with Crippen LogP contribution < -0.4 is 5.32 Å². The first kappa shape index (κ1) is 14.1. The van der Waals surface area contributed by atoms with Crippen LogP contribution in [0.25, 0.3) is 0 Å². The maximum atomic E-state index is 13.4. The van der Waals surface area contributed by atoms with Crippen LogP contribution in [0, 0.1) is 24.4 Å². The number of hydrogen-bond donors (Lipinski definition) is 1. The second-order valence-electron chi connectivity index (χ2n) is 4.39. The van der Waals surface area contributed by atoms with Gasteiger partial charge in [-0.1, -0.05) is 29.8 Å². The van der Waals surface area contributed by atoms with Crippen molar-refractivity contribution in [2.75, 3.05) is 0 Å². The van der Waals surface area contributed by atoms with Gasteiger partial charge in [-0.25, -0.2) is 13.2 Å². The molecule has 0 aromatic heterocycles. The van der Waals surface area contributed by atoms with Crippen molar-refractivity contribution >= 4 is 5.91 Å². The Morgan fingerprint density at radius 3 is 2.30 bits per heavy atom. The highest BCUT2D eigenvalue weighted by molar-refractivity contribution is 5.94. The first-order valence-corrected chi connectivity index (χ1v) is 5.96. The van der Waals surface area contributed by atoms with Gasteiger partial charge in [0.1, 0.15) is 0 Å². The lowest BCUT2D eigenvalue weighted by atomic mass is 10.1. The Balaban J connectivity index is 2.09. The standard InChI is InChI=1S/C15H12F3NO/c1-9-2-4-10(5-3-9)8-19-15(20)11-6-7-12(16)14(18)13(11)17/h2-7H,8H2,1H3,(H,19,20). The monoisotopic (exact) mass is 279 g/mol. The van der Waals surface area contributed by atoms with Gasteiger partial charge in [0.25, 0.3) is 5.91 Å². The van der Waals surface area contributed by atoms with Crippen molar-refractivity contribution in [1.29, 1.82) is 0 Å². The quantitative estimate of drug-likeness (QED) is 0.858. The largest absolute Gasteiger partial charge is 0.348 e. The zero-order valence-corrected chi connectivity index (χ0v) is 10.7. The highest BCUT2D eigenvalue weighted by Crippen LogP contribution is 2.15. The minimum Gasteiger partial charge on any atom is -0.348 e. The maximum Gasteiger partial charge on any atom is 0.254 e. The third-order valence-corrected chi connectivity index (χ3v) is 2.85. The van der Waals surface area contributed by atoms with Crippen molar-refractivity contribution in [1.82, 2.24) is 5.32 Å². The van der Waals surface area contributed by atoms with Gasteiger partial charge in [-0.15, -0.1) is 0 Å². The Morgan fingerprint density at radius 1 is 1.00 bits per heavy atom. The van der Waals surface area contributed by atoms with Crippen LogP contribution >= 0.6 is 0 Å². The van der Waals surface area contributed by atoms with Gasteiger partial charge in [0.15, 0.2) is 17.5 Å². The van der Waals surface area contributed by atoms with E-state index in [1.165, 1.54) is 0 Å². The molecule has 0 aliphatic carbocycles. The molecule has 2 rings (SSSR count). The summed E-state index contributed by atoms with van der Waals surface area (Å²) >= 11 is 0. The van der Waals surface area contributed by atoms with E-state index in [9.17, 15) is 18.0 Å². The third-order valence-electron chi connectivity index (χ3n) is 2.85. The summed E-state index contributed by atoms with van der Waals surface area (Å²) in [6.45, 7) is 2.11. The average Bonchev–Trinajstić information content (AvgIpc) is 2.44. The van der Waals surface area contributed by atoms with E-state index in [1.807, 2.05) is 31.2 Å². The molecule has 0 saturated heterocycles. The summed E-state index contributed by atoms with van der Waals surface area (Å²) in [4.78, 5) is 11.7. The second-order valence-corrected chi connectivity index (χ2v) is 4.39. The zero-order chi connectivity index (χ0) is 14.7. The number of aryl methyl sites for hydroxylation is 1. The summed E-state index contributed by atoms with van der Waals surface area (Å²) in [5, 5.41) is 2.45. The molecule has 0 radical (unpaired) electrons. The molecule has 0 fully saturated rings. The van der Waals surface area contributed by atoms with Crippen molar-refractivity contribution in [3.05, 3.63) is 70.5 Å². The topological polar surface area (TPSA) is 29.1 Å². The van der Waals surface area contributed by atoms with Gasteiger partial charge in [0, 0.05) is 6.54 Å². The van der Waals surface area contributed by atoms with Gasteiger partial charge in [0.2, 0.25) is 0 Å². The summed E-state index contributed by atoms with van der Waals surface area (Å²) in [7, 11) is 0. The Morgan fingerprint density at radius 2 is 1.65 bits per heavy atom. The Labute approximate surface area is 114 Å². The fourth-order valence-electron chi connectivity index (χ4n) is 1.68. The summed E-state index contributed by atoms with van der Waals surface area (Å²) in [6.07, 6.45) is 0. The van der Waals surface area contributed by atoms with Crippen LogP contribution in [0.15, 0.2) is 36.4 Å². The minimum atomic E-state index is -1.65. The Bertz CT molecular complexity index is 638. The van der Waals surface area contributed by atoms with Crippen molar-refractivity contribution < 1.29 is 18.0 Å². The number of rotatable bonds is 3. The van der Waals surface area contributed by atoms with Crippen LogP contribution in [-0.4, -0.2) is 5.91 Å². The molecule has 5 heteroatoms. The molecule has 2 aromatic rings. The van der Waals surface area contributed by atoms with Gasteiger partial charge >= 0.3 is 0 Å². The second kappa shape index (κ2) is 5.77. The third kappa shape index (κ3) is 2.99. The molecule has 0 heterocycles. The smallest absolute Gasteiger partial charge is 0.254 e. The lowest BCUT2D eigenvalue weighted by Gasteiger charge is -2.07. The van der Waals surface area contributed by atoms with Crippen molar-refractivity contribution in [3.63, 3.8) is 0 Å². The summed E-state index contributed by atoms with van der Waals surface area (Å²) in [6, 6.07) is 9.02. The molecular weight excluding hydrogens is 267 g/mol. The fraction of sp³-hybridized carbons (Fsp3) is 0.133. The lowest BCUT2D eigenvalue weighted by molar-refractivity contribution is 0.0945. The van der Waals surface area contributed by atoms with E-state index in [1.54, 1.807) is 0 Å². The molecular formula is C15H12F3NO. The summed E-state index contributed by atoms with van der Waals surface area (Å²) in [5.41, 5.74) is 1.38. The molecule has 0 unspecified atom stereocenters. The molecule has 20 heavy (non-hydrogen) atoms. The molecule has 2 nitrogen and oxygen atoms in total. The SMILES string of the molecule is Cc1ccc(CNC(=O)c2ccc(F)c(F)c2F)cc1. The first-order chi connectivity index (χ1) is 9.49. The molecule has 1 amide bonds. The van der Waals surface area contributed by atoms with Crippen LogP contribution in [0.3, 0.4) is 0 Å². The molecule has 2 aromatic carbocycles. The summed E-state index contributed by atoms with van der Waals surface area (Å²) < 4.78 is 39.2. The molecule has 0 aliphatic heterocycles. The van der Waals surface area contributed by atoms with Gasteiger partial charge in [-0.2, -0.15) is 0 Å². The predicted octanol–water partition coefficient (Wildman–Crippen LogP) is 3.34. The van der Waals surface area contributed by atoms with Crippen LogP contribution in [0.2, 0.25) is 0 Å². The predicted molar refractivity (Wildman–Crippen MR) is 68.7 cm³/mol. The van der Waals surface area contributed by atoms with Crippen LogP contribution in [0.1, 0.15) is 21.5 Å². The summed E-state index contributed by atoms with van der Waals surface area (Å²) in [5.74, 6) is -5.24. The van der Waals surface area contributed by atoms with Crippen LogP contribution in [0.5, 0.6) is 0 Å². The van der Waals surface area contributed by atoms with E-state index in [0.717, 1.165) is 23.3 Å². The number of carbonyl (C=O) groups excluding carboxylic acids is 1. The van der Waals surface area contributed by atoms with E-state index in [2.05, 4.69) is 5.32 Å². The lowest BCUT2D eigenvalue weighted by Crippen LogP contribution is -2.24. The molecule has 0 saturated carbocycles. The molecule has 0 atom stereocenters. The van der Waals surface area contributed by atoms with Crippen molar-refractivity contribution in [2.45, 2.75) is 13.5 Å². The number of hydrogen-bond acceptors (Lipinski definition) is 1. The molecule has 0 aliphatic rings. The zero-order valence-electron chi connectivity index (χ0n) is 10.7. The van der Waals surface area contributed by atoms with E-state index >= 15 is 0 Å². The van der Waals surface area contributed by atoms with Gasteiger partial charge < -0.3 is 5.32 Å². The highest BCUT2D eigenvalue weighted by Gasteiger charge is 2.18. The van der Waals surface area contributed by atoms with Crippen LogP contribution in [0.4, 0.5) is 13.2 Å². The Kier molecular flexibility index (Phi) is 4.08. The number of amides is 1. The molecule has 0 bridgehead atoms. The maximum absolute atomic E-state index is 13.4. The van der Waals surface area contributed by atoms with Gasteiger partial charge in [-0.3, -0.25) is 4.79 Å². The van der Waals surface area contributed by atoms with E-state index in [0.29, 0.717) is 0 Å². The molecule has 0 spiro atoms. The number of benzene rings is 2. The van der Waals surface area contributed by atoms with E-state index in [-0.39, 0.29) is 6.54 Å². The van der Waals surface area contributed by atoms with E-state index in [4.69, 9.17) is 0 Å². The van der Waals surface area contributed by atoms with Crippen LogP contribution in [-0.2, 0) is 6.54 Å². The minimum absolute atomic E-state index is 0.178.